The molecule has 1 fully saturated rings. The van der Waals surface area contributed by atoms with Crippen LogP contribution in [-0.4, -0.2) is 24.9 Å². The summed E-state index contributed by atoms with van der Waals surface area (Å²) in [5.41, 5.74) is 0. The van der Waals surface area contributed by atoms with Crippen molar-refractivity contribution < 1.29 is 23.2 Å². The summed E-state index contributed by atoms with van der Waals surface area (Å²) in [5.74, 6) is 0. The van der Waals surface area contributed by atoms with E-state index in [0.717, 1.165) is 18.2 Å². The van der Waals surface area contributed by atoms with Gasteiger partial charge in [-0.3, -0.25) is 0 Å². The number of hydrogen-bond donors (Lipinski definition) is 1. The molecule has 2 unspecified atom stereocenters. The van der Waals surface area contributed by atoms with E-state index in [4.69, 9.17) is 4.74 Å². The lowest BCUT2D eigenvalue weighted by Crippen LogP contribution is -2.90. The average Bonchev–Trinajstić information content (AvgIpc) is 2.05. The first-order valence-electron chi connectivity index (χ1n) is 4.36. The van der Waals surface area contributed by atoms with Crippen molar-refractivity contribution in [2.75, 3.05) is 6.61 Å². The molecule has 2 N–H and O–H groups in total. The monoisotopic (exact) mass is 197 g/mol. The molecule has 0 aromatic heterocycles. The van der Waals surface area contributed by atoms with Crippen LogP contribution in [0.3, 0.4) is 0 Å². The predicted molar refractivity (Wildman–Crippen MR) is 40.7 cm³/mol. The molecular formula is C8H14F3NO. The van der Waals surface area contributed by atoms with Gasteiger partial charge in [0.05, 0.1) is 0 Å². The molecule has 13 heavy (non-hydrogen) atoms. The van der Waals surface area contributed by atoms with Crippen molar-refractivity contribution in [1.29, 1.82) is 0 Å². The summed E-state index contributed by atoms with van der Waals surface area (Å²) in [6.45, 7) is 0.436. The van der Waals surface area contributed by atoms with Crippen molar-refractivity contribution in [3.63, 3.8) is 0 Å². The summed E-state index contributed by atoms with van der Waals surface area (Å²) in [7, 11) is 3.20. The van der Waals surface area contributed by atoms with E-state index in [-0.39, 0.29) is 0 Å². The lowest BCUT2D eigenvalue weighted by molar-refractivity contribution is -0.673. The molecule has 2 nitrogen and oxygen atoms in total. The van der Waals surface area contributed by atoms with Crippen LogP contribution in [0, 0.1) is 7.05 Å². The molecule has 1 rings (SSSR count). The van der Waals surface area contributed by atoms with Crippen molar-refractivity contribution in [2.45, 2.75) is 37.6 Å². The van der Waals surface area contributed by atoms with Gasteiger partial charge >= 0.3 is 6.18 Å². The normalized spacial score (nSPS) is 27.2. The molecule has 0 aromatic rings. The van der Waals surface area contributed by atoms with Gasteiger partial charge in [0.1, 0.15) is 6.10 Å². The van der Waals surface area contributed by atoms with Crippen molar-refractivity contribution >= 4 is 0 Å². The van der Waals surface area contributed by atoms with E-state index >= 15 is 0 Å². The minimum Gasteiger partial charge on any atom is -0.467 e. The van der Waals surface area contributed by atoms with Crippen LogP contribution in [0.15, 0.2) is 0 Å². The third-order valence-electron chi connectivity index (χ3n) is 2.25. The quantitative estimate of drug-likeness (QED) is 0.652. The Bertz CT molecular complexity index is 154. The van der Waals surface area contributed by atoms with E-state index in [2.05, 4.69) is 7.05 Å². The van der Waals surface area contributed by atoms with E-state index in [9.17, 15) is 13.2 Å². The molecule has 0 aliphatic carbocycles. The van der Waals surface area contributed by atoms with E-state index in [1.54, 1.807) is 0 Å². The maximum absolute atomic E-state index is 12.4. The summed E-state index contributed by atoms with van der Waals surface area (Å²) in [4.78, 5) is 0. The van der Waals surface area contributed by atoms with Crippen LogP contribution in [0.4, 0.5) is 13.2 Å². The van der Waals surface area contributed by atoms with Gasteiger partial charge in [0, 0.05) is 6.61 Å². The third kappa shape index (κ3) is 2.84. The number of nitrogens with two attached hydrogens (primary N) is 1. The number of rotatable bonds is 2. The molecule has 0 spiro atoms. The first kappa shape index (κ1) is 10.8. The third-order valence-corrected chi connectivity index (χ3v) is 2.25. The second kappa shape index (κ2) is 4.28. The summed E-state index contributed by atoms with van der Waals surface area (Å²) in [6.07, 6.45) is -2.78. The fraction of sp³-hybridized carbons (Fsp3) is 0.875. The van der Waals surface area contributed by atoms with Crippen LogP contribution in [-0.2, 0) is 4.74 Å². The smallest absolute Gasteiger partial charge is 0.441 e. The molecule has 1 saturated heterocycles. The van der Waals surface area contributed by atoms with Gasteiger partial charge < -0.3 is 10.1 Å². The first-order chi connectivity index (χ1) is 6.05. The minimum absolute atomic E-state index is 0.436. The summed E-state index contributed by atoms with van der Waals surface area (Å²) in [5, 5.41) is 0.940. The van der Waals surface area contributed by atoms with Crippen LogP contribution < -0.4 is 5.32 Å². The highest BCUT2D eigenvalue weighted by Crippen LogP contribution is 2.25. The van der Waals surface area contributed by atoms with E-state index in [0.29, 0.717) is 13.0 Å². The van der Waals surface area contributed by atoms with Crippen molar-refractivity contribution in [1.82, 2.24) is 0 Å². The Balaban J connectivity index is 2.54. The molecule has 1 aliphatic rings. The second-order valence-electron chi connectivity index (χ2n) is 3.21. The van der Waals surface area contributed by atoms with Gasteiger partial charge in [-0.1, -0.05) is 0 Å². The zero-order valence-electron chi connectivity index (χ0n) is 7.31. The molecule has 1 heterocycles. The molecule has 78 valence electrons. The largest absolute Gasteiger partial charge is 0.467 e. The Morgan fingerprint density at radius 1 is 1.38 bits per heavy atom. The van der Waals surface area contributed by atoms with Crippen molar-refractivity contribution in [2.24, 2.45) is 0 Å². The predicted octanol–water partition coefficient (Wildman–Crippen LogP) is 0.841. The van der Waals surface area contributed by atoms with Crippen molar-refractivity contribution in [3.8, 4) is 0 Å². The highest BCUT2D eigenvalue weighted by atomic mass is 19.4. The van der Waals surface area contributed by atoms with Gasteiger partial charge in [0.2, 0.25) is 0 Å². The zero-order valence-corrected chi connectivity index (χ0v) is 7.31. The number of alkyl halides is 3. The van der Waals surface area contributed by atoms with Crippen molar-refractivity contribution in [3.05, 3.63) is 7.05 Å². The van der Waals surface area contributed by atoms with Gasteiger partial charge in [0.15, 0.2) is 6.04 Å². The maximum atomic E-state index is 12.4. The van der Waals surface area contributed by atoms with E-state index in [1.807, 2.05) is 0 Å². The highest BCUT2D eigenvalue weighted by molar-refractivity contribution is 4.77. The standard InChI is InChI=1S/C8H14F3NO/c1-12-7(8(9,10)11)6-4-2-3-5-13-6/h6-7H,1-5,12H2. The SMILES string of the molecule is [CH2-][NH2+]C(C1CCCCO1)C(F)(F)F. The van der Waals surface area contributed by atoms with Crippen LogP contribution in [0.5, 0.6) is 0 Å². The topological polar surface area (TPSA) is 25.8 Å². The summed E-state index contributed by atoms with van der Waals surface area (Å²) < 4.78 is 42.1. The number of quaternary nitrogens is 1. The minimum atomic E-state index is -4.22. The van der Waals surface area contributed by atoms with Crippen LogP contribution in [0.25, 0.3) is 0 Å². The molecule has 0 saturated carbocycles. The molecule has 5 heteroatoms. The van der Waals surface area contributed by atoms with Crippen LogP contribution in [0.2, 0.25) is 0 Å². The molecule has 2 atom stereocenters. The van der Waals surface area contributed by atoms with Crippen LogP contribution >= 0.6 is 0 Å². The Hall–Kier alpha value is -0.290. The number of hydrogen-bond acceptors (Lipinski definition) is 1. The Morgan fingerprint density at radius 2 is 2.08 bits per heavy atom. The van der Waals surface area contributed by atoms with Gasteiger partial charge in [-0.25, -0.2) is 0 Å². The second-order valence-corrected chi connectivity index (χ2v) is 3.21. The lowest BCUT2D eigenvalue weighted by Gasteiger charge is -2.30. The van der Waals surface area contributed by atoms with Gasteiger partial charge in [-0.05, 0) is 19.3 Å². The molecule has 0 amide bonds. The van der Waals surface area contributed by atoms with Gasteiger partial charge in [-0.15, -0.1) is 0 Å². The Morgan fingerprint density at radius 3 is 2.46 bits per heavy atom. The molecule has 0 aromatic carbocycles. The molecule has 1 aliphatic heterocycles. The Labute approximate surface area is 75.4 Å². The number of halogens is 3. The molecular weight excluding hydrogens is 183 g/mol. The summed E-state index contributed by atoms with van der Waals surface area (Å²) >= 11 is 0. The molecule has 0 radical (unpaired) electrons. The molecule has 0 bridgehead atoms. The average molecular weight is 197 g/mol. The Kier molecular flexibility index (Phi) is 3.55. The highest BCUT2D eigenvalue weighted by Gasteiger charge is 2.46. The first-order valence-corrected chi connectivity index (χ1v) is 4.36. The van der Waals surface area contributed by atoms with E-state index in [1.165, 1.54) is 0 Å². The zero-order chi connectivity index (χ0) is 9.90. The lowest BCUT2D eigenvalue weighted by atomic mass is 10.0. The number of ether oxygens (including phenoxy) is 1. The van der Waals surface area contributed by atoms with Gasteiger partial charge in [-0.2, -0.15) is 20.2 Å². The fourth-order valence-electron chi connectivity index (χ4n) is 1.55. The summed E-state index contributed by atoms with van der Waals surface area (Å²) in [6, 6.07) is -1.51. The van der Waals surface area contributed by atoms with E-state index < -0.39 is 18.3 Å². The van der Waals surface area contributed by atoms with Crippen LogP contribution in [0.1, 0.15) is 19.3 Å². The maximum Gasteiger partial charge on any atom is 0.441 e. The van der Waals surface area contributed by atoms with Gasteiger partial charge in [0.25, 0.3) is 0 Å². The fourth-order valence-corrected chi connectivity index (χ4v) is 1.55.